The zero-order valence-electron chi connectivity index (χ0n) is 10.1. The average molecular weight is 227 g/mol. The summed E-state index contributed by atoms with van der Waals surface area (Å²) < 4.78 is 0. The molecule has 1 unspecified atom stereocenters. The van der Waals surface area contributed by atoms with Crippen molar-refractivity contribution in [2.75, 3.05) is 6.54 Å². The maximum Gasteiger partial charge on any atom is 0.305 e. The van der Waals surface area contributed by atoms with E-state index in [1.165, 1.54) is 0 Å². The minimum atomic E-state index is -0.823. The fourth-order valence-corrected chi connectivity index (χ4v) is 2.24. The van der Waals surface area contributed by atoms with Gasteiger partial charge in [-0.05, 0) is 18.8 Å². The number of nitrogens with zero attached hydrogens (tertiary/aromatic N) is 1. The van der Waals surface area contributed by atoms with E-state index in [4.69, 9.17) is 5.11 Å². The molecule has 1 atom stereocenters. The van der Waals surface area contributed by atoms with Gasteiger partial charge in [0.2, 0.25) is 5.91 Å². The molecule has 1 amide bonds. The third kappa shape index (κ3) is 3.51. The molecule has 1 aliphatic heterocycles. The molecular weight excluding hydrogens is 206 g/mol. The molecule has 1 rings (SSSR count). The van der Waals surface area contributed by atoms with Crippen molar-refractivity contribution in [1.82, 2.24) is 4.90 Å². The first kappa shape index (κ1) is 13.0. The number of likely N-dealkylation sites (tertiary alicyclic amines) is 1. The third-order valence-electron chi connectivity index (χ3n) is 3.16. The summed E-state index contributed by atoms with van der Waals surface area (Å²) in [7, 11) is 0. The van der Waals surface area contributed by atoms with E-state index in [-0.39, 0.29) is 24.3 Å². The van der Waals surface area contributed by atoms with Crippen molar-refractivity contribution in [1.29, 1.82) is 0 Å². The summed E-state index contributed by atoms with van der Waals surface area (Å²) in [5.74, 6) is -0.508. The molecule has 1 saturated heterocycles. The monoisotopic (exact) mass is 227 g/mol. The van der Waals surface area contributed by atoms with Gasteiger partial charge >= 0.3 is 5.97 Å². The van der Waals surface area contributed by atoms with Crippen molar-refractivity contribution in [3.8, 4) is 0 Å². The van der Waals surface area contributed by atoms with Crippen LogP contribution in [-0.2, 0) is 9.59 Å². The lowest BCUT2D eigenvalue weighted by atomic mass is 9.98. The van der Waals surface area contributed by atoms with Crippen molar-refractivity contribution < 1.29 is 14.7 Å². The lowest BCUT2D eigenvalue weighted by Gasteiger charge is -2.32. The molecule has 0 aromatic carbocycles. The topological polar surface area (TPSA) is 57.6 Å². The van der Waals surface area contributed by atoms with Gasteiger partial charge in [0.15, 0.2) is 0 Å². The zero-order chi connectivity index (χ0) is 12.1. The highest BCUT2D eigenvalue weighted by molar-refractivity contribution is 5.77. The average Bonchev–Trinajstić information content (AvgIpc) is 2.39. The minimum Gasteiger partial charge on any atom is -0.481 e. The Morgan fingerprint density at radius 3 is 2.62 bits per heavy atom. The molecule has 0 bridgehead atoms. The molecule has 0 aromatic heterocycles. The number of hydrogen-bond donors (Lipinski definition) is 1. The number of rotatable bonds is 4. The molecule has 4 nitrogen and oxygen atoms in total. The Morgan fingerprint density at radius 2 is 2.06 bits per heavy atom. The quantitative estimate of drug-likeness (QED) is 0.797. The molecule has 0 aromatic rings. The molecule has 0 radical (unpaired) electrons. The van der Waals surface area contributed by atoms with E-state index in [1.807, 2.05) is 13.8 Å². The predicted octanol–water partition coefficient (Wildman–Crippen LogP) is 1.89. The van der Waals surface area contributed by atoms with Gasteiger partial charge in [-0.3, -0.25) is 9.59 Å². The molecule has 4 heteroatoms. The normalized spacial score (nSPS) is 19.7. The van der Waals surface area contributed by atoms with Crippen LogP contribution < -0.4 is 0 Å². The summed E-state index contributed by atoms with van der Waals surface area (Å²) in [6.07, 6.45) is 3.63. The fraction of sp³-hybridized carbons (Fsp3) is 0.833. The third-order valence-corrected chi connectivity index (χ3v) is 3.16. The zero-order valence-corrected chi connectivity index (χ0v) is 10.1. The number of amides is 1. The van der Waals surface area contributed by atoms with Gasteiger partial charge in [-0.2, -0.15) is 0 Å². The number of carbonyl (C=O) groups excluding carboxylic acids is 1. The van der Waals surface area contributed by atoms with Crippen LogP contribution in [0.1, 0.15) is 46.0 Å². The molecule has 0 spiro atoms. The van der Waals surface area contributed by atoms with Crippen LogP contribution in [0, 0.1) is 5.92 Å². The lowest BCUT2D eigenvalue weighted by molar-refractivity contribution is -0.141. The van der Waals surface area contributed by atoms with E-state index in [1.54, 1.807) is 4.90 Å². The summed E-state index contributed by atoms with van der Waals surface area (Å²) in [5, 5.41) is 8.88. The highest BCUT2D eigenvalue weighted by Crippen LogP contribution is 2.20. The van der Waals surface area contributed by atoms with Gasteiger partial charge in [0, 0.05) is 19.0 Å². The van der Waals surface area contributed by atoms with E-state index >= 15 is 0 Å². The van der Waals surface area contributed by atoms with Crippen LogP contribution in [0.15, 0.2) is 0 Å². The maximum absolute atomic E-state index is 11.9. The number of aliphatic carboxylic acids is 1. The standard InChI is InChI=1S/C12H21NO3/c1-9(2)10(8-12(15)16)13-7-5-3-4-6-11(13)14/h9-10H,3-8H2,1-2H3,(H,15,16). The second-order valence-electron chi connectivity index (χ2n) is 4.81. The van der Waals surface area contributed by atoms with Gasteiger partial charge in [0.1, 0.15) is 0 Å². The summed E-state index contributed by atoms with van der Waals surface area (Å²) in [5.41, 5.74) is 0. The molecule has 0 aliphatic carbocycles. The van der Waals surface area contributed by atoms with Crippen LogP contribution in [-0.4, -0.2) is 34.5 Å². The summed E-state index contributed by atoms with van der Waals surface area (Å²) >= 11 is 0. The Morgan fingerprint density at radius 1 is 1.38 bits per heavy atom. The molecular formula is C12H21NO3. The first-order valence-corrected chi connectivity index (χ1v) is 6.03. The highest BCUT2D eigenvalue weighted by Gasteiger charge is 2.28. The van der Waals surface area contributed by atoms with E-state index < -0.39 is 5.97 Å². The summed E-state index contributed by atoms with van der Waals surface area (Å²) in [4.78, 5) is 24.5. The molecule has 1 heterocycles. The van der Waals surface area contributed by atoms with Gasteiger partial charge in [0.05, 0.1) is 6.42 Å². The second kappa shape index (κ2) is 5.87. The highest BCUT2D eigenvalue weighted by atomic mass is 16.4. The minimum absolute atomic E-state index is 0.0589. The number of carbonyl (C=O) groups is 2. The van der Waals surface area contributed by atoms with Gasteiger partial charge in [-0.15, -0.1) is 0 Å². The van der Waals surface area contributed by atoms with Crippen molar-refractivity contribution >= 4 is 11.9 Å². The van der Waals surface area contributed by atoms with Crippen molar-refractivity contribution in [2.24, 2.45) is 5.92 Å². The van der Waals surface area contributed by atoms with Crippen LogP contribution in [0.4, 0.5) is 0 Å². The predicted molar refractivity (Wildman–Crippen MR) is 61.1 cm³/mol. The molecule has 0 saturated carbocycles. The van der Waals surface area contributed by atoms with Crippen LogP contribution in [0.3, 0.4) is 0 Å². The number of carboxylic acid groups (broad SMARTS) is 1. The number of hydrogen-bond acceptors (Lipinski definition) is 2. The fourth-order valence-electron chi connectivity index (χ4n) is 2.24. The lowest BCUT2D eigenvalue weighted by Crippen LogP contribution is -2.44. The number of carboxylic acids is 1. The van der Waals surface area contributed by atoms with E-state index in [0.717, 1.165) is 25.8 Å². The summed E-state index contributed by atoms with van der Waals surface area (Å²) in [6, 6.07) is -0.150. The smallest absolute Gasteiger partial charge is 0.305 e. The maximum atomic E-state index is 11.9. The Balaban J connectivity index is 2.74. The van der Waals surface area contributed by atoms with Crippen LogP contribution in [0.2, 0.25) is 0 Å². The van der Waals surface area contributed by atoms with E-state index in [0.29, 0.717) is 6.42 Å². The Labute approximate surface area is 96.6 Å². The summed E-state index contributed by atoms with van der Waals surface area (Å²) in [6.45, 7) is 4.67. The molecule has 1 N–H and O–H groups in total. The SMILES string of the molecule is CC(C)C(CC(=O)O)N1CCCCCC1=O. The van der Waals surface area contributed by atoms with Crippen molar-refractivity contribution in [3.05, 3.63) is 0 Å². The Hall–Kier alpha value is -1.06. The Bertz CT molecular complexity index is 263. The van der Waals surface area contributed by atoms with Gasteiger partial charge < -0.3 is 10.0 Å². The van der Waals surface area contributed by atoms with E-state index in [2.05, 4.69) is 0 Å². The largest absolute Gasteiger partial charge is 0.481 e. The van der Waals surface area contributed by atoms with Crippen molar-refractivity contribution in [3.63, 3.8) is 0 Å². The molecule has 92 valence electrons. The van der Waals surface area contributed by atoms with Crippen LogP contribution >= 0.6 is 0 Å². The molecule has 1 aliphatic rings. The molecule has 16 heavy (non-hydrogen) atoms. The van der Waals surface area contributed by atoms with Crippen molar-refractivity contribution in [2.45, 2.75) is 52.0 Å². The van der Waals surface area contributed by atoms with Gasteiger partial charge in [-0.1, -0.05) is 20.3 Å². The van der Waals surface area contributed by atoms with Crippen LogP contribution in [0.5, 0.6) is 0 Å². The van der Waals surface area contributed by atoms with Gasteiger partial charge in [0.25, 0.3) is 0 Å². The first-order valence-electron chi connectivity index (χ1n) is 6.03. The second-order valence-corrected chi connectivity index (χ2v) is 4.81. The first-order chi connectivity index (χ1) is 7.52. The van der Waals surface area contributed by atoms with E-state index in [9.17, 15) is 9.59 Å². The van der Waals surface area contributed by atoms with Gasteiger partial charge in [-0.25, -0.2) is 0 Å². The molecule has 1 fully saturated rings. The van der Waals surface area contributed by atoms with Crippen LogP contribution in [0.25, 0.3) is 0 Å². The Kier molecular flexibility index (Phi) is 4.77.